The zero-order valence-electron chi connectivity index (χ0n) is 13.0. The van der Waals surface area contributed by atoms with Crippen LogP contribution in [0.4, 0.5) is 5.69 Å². The molecule has 130 valence electrons. The maximum Gasteiger partial charge on any atom is 0.277 e. The number of nitrogens with zero attached hydrogens (tertiary/aromatic N) is 2. The van der Waals surface area contributed by atoms with Gasteiger partial charge in [0.25, 0.3) is 11.6 Å². The van der Waals surface area contributed by atoms with Crippen LogP contribution >= 0.6 is 27.5 Å². The third-order valence-corrected chi connectivity index (χ3v) is 3.86. The van der Waals surface area contributed by atoms with Crippen LogP contribution in [0.2, 0.25) is 5.02 Å². The number of hydrogen-bond acceptors (Lipinski definition) is 5. The Kier molecular flexibility index (Phi) is 6.49. The summed E-state index contributed by atoms with van der Waals surface area (Å²) in [5, 5.41) is 15.1. The first-order valence-corrected chi connectivity index (χ1v) is 8.19. The molecule has 7 nitrogen and oxygen atoms in total. The molecule has 0 aromatic heterocycles. The first-order chi connectivity index (χ1) is 11.9. The fourth-order valence-corrected chi connectivity index (χ4v) is 2.55. The van der Waals surface area contributed by atoms with Gasteiger partial charge in [-0.05, 0) is 25.1 Å². The van der Waals surface area contributed by atoms with Crippen LogP contribution in [0.3, 0.4) is 0 Å². The molecular formula is C16H13BrClN3O4. The first kappa shape index (κ1) is 18.9. The monoisotopic (exact) mass is 425 g/mol. The molecule has 0 spiro atoms. The van der Waals surface area contributed by atoms with E-state index in [0.29, 0.717) is 22.0 Å². The van der Waals surface area contributed by atoms with Gasteiger partial charge in [-0.2, -0.15) is 5.10 Å². The fraction of sp³-hybridized carbons (Fsp3) is 0.125. The van der Waals surface area contributed by atoms with E-state index in [9.17, 15) is 14.9 Å². The number of non-ortho nitro benzene ring substituents is 1. The highest BCUT2D eigenvalue weighted by atomic mass is 79.9. The number of nitrogens with one attached hydrogen (secondary N) is 1. The number of amides is 1. The maximum atomic E-state index is 11.8. The summed E-state index contributed by atoms with van der Waals surface area (Å²) in [4.78, 5) is 22.1. The number of benzene rings is 2. The van der Waals surface area contributed by atoms with E-state index in [1.165, 1.54) is 12.1 Å². The van der Waals surface area contributed by atoms with E-state index >= 15 is 0 Å². The van der Waals surface area contributed by atoms with Gasteiger partial charge in [0.2, 0.25) is 0 Å². The van der Waals surface area contributed by atoms with E-state index in [4.69, 9.17) is 16.3 Å². The standard InChI is InChI=1S/C16H13BrClN3O4/c1-10(11-3-2-4-13(7-11)21(23)24)19-20-16(22)9-25-15-6-5-12(17)8-14(15)18/h2-8H,9H2,1H3,(H,20,22)/b19-10+. The summed E-state index contributed by atoms with van der Waals surface area (Å²) in [6.45, 7) is 1.36. The van der Waals surface area contributed by atoms with Crippen molar-refractivity contribution in [2.45, 2.75) is 6.92 Å². The van der Waals surface area contributed by atoms with Crippen molar-refractivity contribution >= 4 is 44.8 Å². The topological polar surface area (TPSA) is 93.8 Å². The molecule has 0 atom stereocenters. The number of rotatable bonds is 6. The molecule has 0 aliphatic heterocycles. The summed E-state index contributed by atoms with van der Waals surface area (Å²) in [7, 11) is 0. The zero-order chi connectivity index (χ0) is 18.4. The van der Waals surface area contributed by atoms with Crippen molar-refractivity contribution in [3.05, 3.63) is 67.6 Å². The molecule has 0 fully saturated rings. The largest absolute Gasteiger partial charge is 0.482 e. The van der Waals surface area contributed by atoms with Crippen molar-refractivity contribution in [1.82, 2.24) is 5.43 Å². The van der Waals surface area contributed by atoms with Gasteiger partial charge in [-0.3, -0.25) is 14.9 Å². The number of carbonyl (C=O) groups excluding carboxylic acids is 1. The predicted molar refractivity (Wildman–Crippen MR) is 98.1 cm³/mol. The number of hydrazone groups is 1. The van der Waals surface area contributed by atoms with E-state index in [1.807, 2.05) is 0 Å². The first-order valence-electron chi connectivity index (χ1n) is 7.02. The molecule has 0 aliphatic carbocycles. The molecular weight excluding hydrogens is 414 g/mol. The number of ether oxygens (including phenoxy) is 1. The molecule has 2 rings (SSSR count). The SMILES string of the molecule is C/C(=N\NC(=O)COc1ccc(Br)cc1Cl)c1cccc([N+](=O)[O-])c1. The third-order valence-electron chi connectivity index (χ3n) is 3.08. The molecule has 25 heavy (non-hydrogen) atoms. The minimum atomic E-state index is -0.495. The lowest BCUT2D eigenvalue weighted by atomic mass is 10.1. The minimum absolute atomic E-state index is 0.0495. The molecule has 2 aromatic carbocycles. The van der Waals surface area contributed by atoms with Gasteiger partial charge in [0.15, 0.2) is 6.61 Å². The number of hydrogen-bond donors (Lipinski definition) is 1. The molecule has 2 aromatic rings. The summed E-state index contributed by atoms with van der Waals surface area (Å²) < 4.78 is 6.12. The lowest BCUT2D eigenvalue weighted by Gasteiger charge is -2.07. The summed E-state index contributed by atoms with van der Waals surface area (Å²) in [6.07, 6.45) is 0. The second-order valence-electron chi connectivity index (χ2n) is 4.90. The normalized spacial score (nSPS) is 11.1. The summed E-state index contributed by atoms with van der Waals surface area (Å²) in [5.74, 6) is -0.108. The summed E-state index contributed by atoms with van der Waals surface area (Å²) in [6, 6.07) is 11.0. The Balaban J connectivity index is 1.95. The van der Waals surface area contributed by atoms with Crippen LogP contribution in [-0.4, -0.2) is 23.1 Å². The van der Waals surface area contributed by atoms with Gasteiger partial charge in [0.1, 0.15) is 5.75 Å². The highest BCUT2D eigenvalue weighted by molar-refractivity contribution is 9.10. The highest BCUT2D eigenvalue weighted by Gasteiger charge is 2.09. The van der Waals surface area contributed by atoms with Crippen LogP contribution in [0.15, 0.2) is 52.0 Å². The molecule has 9 heteroatoms. The Bertz CT molecular complexity index is 842. The number of carbonyl (C=O) groups is 1. The number of halogens is 2. The maximum absolute atomic E-state index is 11.8. The Morgan fingerprint density at radius 2 is 2.12 bits per heavy atom. The van der Waals surface area contributed by atoms with Crippen molar-refractivity contribution in [2.75, 3.05) is 6.61 Å². The summed E-state index contributed by atoms with van der Waals surface area (Å²) >= 11 is 9.27. The Morgan fingerprint density at radius 3 is 2.80 bits per heavy atom. The lowest BCUT2D eigenvalue weighted by molar-refractivity contribution is -0.384. The molecule has 1 N–H and O–H groups in total. The molecule has 0 saturated carbocycles. The fourth-order valence-electron chi connectivity index (χ4n) is 1.82. The van der Waals surface area contributed by atoms with Crippen molar-refractivity contribution in [3.8, 4) is 5.75 Å². The molecule has 0 heterocycles. The quantitative estimate of drug-likeness (QED) is 0.430. The summed E-state index contributed by atoms with van der Waals surface area (Å²) in [5.41, 5.74) is 3.25. The van der Waals surface area contributed by atoms with Gasteiger partial charge in [-0.15, -0.1) is 0 Å². The smallest absolute Gasteiger partial charge is 0.277 e. The average Bonchev–Trinajstić information content (AvgIpc) is 2.59. The second kappa shape index (κ2) is 8.59. The van der Waals surface area contributed by atoms with Crippen molar-refractivity contribution in [3.63, 3.8) is 0 Å². The van der Waals surface area contributed by atoms with Gasteiger partial charge in [-0.1, -0.05) is 39.7 Å². The van der Waals surface area contributed by atoms with E-state index in [2.05, 4.69) is 26.5 Å². The predicted octanol–water partition coefficient (Wildman–Crippen LogP) is 3.93. The molecule has 0 saturated heterocycles. The van der Waals surface area contributed by atoms with Crippen molar-refractivity contribution < 1.29 is 14.5 Å². The Labute approximate surface area is 156 Å². The molecule has 0 unspecified atom stereocenters. The van der Waals surface area contributed by atoms with Gasteiger partial charge < -0.3 is 4.74 Å². The molecule has 0 bridgehead atoms. The Morgan fingerprint density at radius 1 is 1.36 bits per heavy atom. The van der Waals surface area contributed by atoms with Crippen LogP contribution in [-0.2, 0) is 4.79 Å². The van der Waals surface area contributed by atoms with Crippen LogP contribution in [0.1, 0.15) is 12.5 Å². The van der Waals surface area contributed by atoms with Gasteiger partial charge in [0.05, 0.1) is 15.7 Å². The minimum Gasteiger partial charge on any atom is -0.482 e. The van der Waals surface area contributed by atoms with E-state index in [0.717, 1.165) is 4.47 Å². The molecule has 0 radical (unpaired) electrons. The van der Waals surface area contributed by atoms with E-state index in [1.54, 1.807) is 37.3 Å². The number of nitro benzene ring substituents is 1. The lowest BCUT2D eigenvalue weighted by Crippen LogP contribution is -2.25. The van der Waals surface area contributed by atoms with Crippen LogP contribution < -0.4 is 10.2 Å². The Hall–Kier alpha value is -2.45. The van der Waals surface area contributed by atoms with Gasteiger partial charge in [0, 0.05) is 22.2 Å². The van der Waals surface area contributed by atoms with E-state index < -0.39 is 10.8 Å². The van der Waals surface area contributed by atoms with Crippen LogP contribution in [0, 0.1) is 10.1 Å². The van der Waals surface area contributed by atoms with Crippen LogP contribution in [0.5, 0.6) is 5.75 Å². The average molecular weight is 427 g/mol. The molecule has 0 aliphatic rings. The second-order valence-corrected chi connectivity index (χ2v) is 6.23. The molecule has 1 amide bonds. The zero-order valence-corrected chi connectivity index (χ0v) is 15.4. The highest BCUT2D eigenvalue weighted by Crippen LogP contribution is 2.27. The van der Waals surface area contributed by atoms with E-state index in [-0.39, 0.29) is 12.3 Å². The van der Waals surface area contributed by atoms with Gasteiger partial charge >= 0.3 is 0 Å². The number of nitro groups is 1. The van der Waals surface area contributed by atoms with Gasteiger partial charge in [-0.25, -0.2) is 5.43 Å². The van der Waals surface area contributed by atoms with Crippen molar-refractivity contribution in [2.24, 2.45) is 5.10 Å². The third kappa shape index (κ3) is 5.54. The van der Waals surface area contributed by atoms with Crippen molar-refractivity contribution in [1.29, 1.82) is 0 Å². The van der Waals surface area contributed by atoms with Crippen LogP contribution in [0.25, 0.3) is 0 Å².